The topological polar surface area (TPSA) is 35.6 Å². The van der Waals surface area contributed by atoms with Gasteiger partial charge >= 0.3 is 0 Å². The van der Waals surface area contributed by atoms with Crippen LogP contribution in [0, 0.1) is 17.3 Å². The van der Waals surface area contributed by atoms with Crippen molar-refractivity contribution in [1.82, 2.24) is 19.3 Å². The minimum Gasteiger partial charge on any atom is -0.335 e. The number of imidazole rings is 1. The Morgan fingerprint density at radius 2 is 2.04 bits per heavy atom. The first-order chi connectivity index (χ1) is 11.7. The van der Waals surface area contributed by atoms with E-state index in [1.54, 1.807) is 0 Å². The van der Waals surface area contributed by atoms with Gasteiger partial charge in [0.05, 0.1) is 5.69 Å². The van der Waals surface area contributed by atoms with Crippen LogP contribution in [0.1, 0.15) is 63.4 Å². The van der Waals surface area contributed by atoms with Crippen LogP contribution in [0.2, 0.25) is 0 Å². The van der Waals surface area contributed by atoms with Gasteiger partial charge in [0.15, 0.2) is 0 Å². The van der Waals surface area contributed by atoms with E-state index in [9.17, 15) is 0 Å². The first kappa shape index (κ1) is 18.2. The Kier molecular flexibility index (Phi) is 5.08. The number of hydrogen-bond acceptors (Lipinski definition) is 2. The lowest BCUT2D eigenvalue weighted by Crippen LogP contribution is -2.25. The van der Waals surface area contributed by atoms with Gasteiger partial charge < -0.3 is 4.57 Å². The molecule has 0 N–H and O–H groups in total. The Balaban J connectivity index is 1.68. The highest BCUT2D eigenvalue weighted by Gasteiger charge is 2.30. The molecule has 2 aromatic heterocycles. The summed E-state index contributed by atoms with van der Waals surface area (Å²) in [7, 11) is 4.26. The van der Waals surface area contributed by atoms with Crippen LogP contribution < -0.4 is 0 Å². The predicted molar refractivity (Wildman–Crippen MR) is 103 cm³/mol. The first-order valence-electron chi connectivity index (χ1n) is 9.75. The van der Waals surface area contributed by atoms with E-state index in [1.165, 1.54) is 42.2 Å². The van der Waals surface area contributed by atoms with Gasteiger partial charge in [-0.15, -0.1) is 0 Å². The van der Waals surface area contributed by atoms with E-state index in [-0.39, 0.29) is 0 Å². The Morgan fingerprint density at radius 3 is 2.68 bits per heavy atom. The second kappa shape index (κ2) is 6.97. The Morgan fingerprint density at radius 1 is 1.28 bits per heavy atom. The third kappa shape index (κ3) is 4.16. The first-order valence-corrected chi connectivity index (χ1v) is 9.75. The summed E-state index contributed by atoms with van der Waals surface area (Å²) in [4.78, 5) is 4.95. The smallest absolute Gasteiger partial charge is 0.109 e. The van der Waals surface area contributed by atoms with Gasteiger partial charge in [-0.3, -0.25) is 4.68 Å². The van der Waals surface area contributed by atoms with Gasteiger partial charge in [0.1, 0.15) is 5.82 Å². The van der Waals surface area contributed by atoms with Crippen molar-refractivity contribution in [2.75, 3.05) is 0 Å². The molecule has 2 heterocycles. The molecule has 1 aliphatic rings. The lowest BCUT2D eigenvalue weighted by Gasteiger charge is -2.32. The van der Waals surface area contributed by atoms with Crippen LogP contribution in [0.3, 0.4) is 0 Å². The van der Waals surface area contributed by atoms with Crippen LogP contribution in [0.25, 0.3) is 0 Å². The molecule has 0 amide bonds. The zero-order valence-electron chi connectivity index (χ0n) is 16.8. The molecule has 0 spiro atoms. The molecule has 25 heavy (non-hydrogen) atoms. The van der Waals surface area contributed by atoms with Crippen LogP contribution >= 0.6 is 0 Å². The summed E-state index contributed by atoms with van der Waals surface area (Å²) in [6, 6.07) is 2.15. The number of rotatable bonds is 6. The van der Waals surface area contributed by atoms with Crippen LogP contribution in [-0.2, 0) is 39.8 Å². The third-order valence-electron chi connectivity index (χ3n) is 5.67. The summed E-state index contributed by atoms with van der Waals surface area (Å²) in [5, 5.41) is 4.32. The predicted octanol–water partition coefficient (Wildman–Crippen LogP) is 4.12. The second-order valence-electron chi connectivity index (χ2n) is 9.18. The lowest BCUT2D eigenvalue weighted by atomic mass is 9.74. The molecule has 0 aliphatic heterocycles. The fraction of sp³-hybridized carbons (Fsp3) is 0.714. The fourth-order valence-electron chi connectivity index (χ4n) is 4.46. The van der Waals surface area contributed by atoms with Gasteiger partial charge in [-0.05, 0) is 55.4 Å². The molecule has 2 aromatic rings. The van der Waals surface area contributed by atoms with E-state index in [1.807, 2.05) is 17.9 Å². The van der Waals surface area contributed by atoms with Crippen molar-refractivity contribution < 1.29 is 0 Å². The maximum atomic E-state index is 4.95. The average Bonchev–Trinajstić information content (AvgIpc) is 3.03. The van der Waals surface area contributed by atoms with Crippen molar-refractivity contribution in [2.45, 2.75) is 66.2 Å². The van der Waals surface area contributed by atoms with Crippen LogP contribution in [0.5, 0.6) is 0 Å². The van der Waals surface area contributed by atoms with Gasteiger partial charge in [0.25, 0.3) is 0 Å². The van der Waals surface area contributed by atoms with E-state index in [0.29, 0.717) is 11.3 Å². The van der Waals surface area contributed by atoms with E-state index in [4.69, 9.17) is 4.98 Å². The summed E-state index contributed by atoms with van der Waals surface area (Å²) >= 11 is 0. The van der Waals surface area contributed by atoms with Crippen molar-refractivity contribution in [3.05, 3.63) is 35.2 Å². The molecule has 1 atom stereocenters. The normalized spacial score (nSPS) is 18.0. The molecule has 3 rings (SSSR count). The van der Waals surface area contributed by atoms with Crippen LogP contribution in [0.15, 0.2) is 12.3 Å². The maximum Gasteiger partial charge on any atom is 0.109 e. The minimum absolute atomic E-state index is 0.301. The van der Waals surface area contributed by atoms with Gasteiger partial charge in [-0.2, -0.15) is 5.10 Å². The van der Waals surface area contributed by atoms with Crippen molar-refractivity contribution in [1.29, 1.82) is 0 Å². The van der Waals surface area contributed by atoms with E-state index in [2.05, 4.69) is 50.5 Å². The van der Waals surface area contributed by atoms with Gasteiger partial charge in [-0.1, -0.05) is 27.7 Å². The van der Waals surface area contributed by atoms with Crippen LogP contribution in [-0.4, -0.2) is 19.3 Å². The third-order valence-corrected chi connectivity index (χ3v) is 5.67. The largest absolute Gasteiger partial charge is 0.335 e. The van der Waals surface area contributed by atoms with Gasteiger partial charge in [0.2, 0.25) is 0 Å². The molecule has 0 saturated carbocycles. The molecule has 0 aromatic carbocycles. The molecule has 0 radical (unpaired) electrons. The number of fused-ring (bicyclic) bond motifs is 1. The summed E-state index contributed by atoms with van der Waals surface area (Å²) in [5.41, 5.74) is 4.48. The molecule has 0 saturated heterocycles. The standard InChI is InChI=1S/C21H34N4/c1-15(2)11-20-23-18-8-7-16(12-19(18)24(20)5)13-21(3,4)14-17-9-10-22-25(17)6/h9-10,15-16H,7-8,11-14H2,1-6H3. The fourth-order valence-corrected chi connectivity index (χ4v) is 4.46. The van der Waals surface area contributed by atoms with Crippen molar-refractivity contribution in [3.63, 3.8) is 0 Å². The highest BCUT2D eigenvalue weighted by molar-refractivity contribution is 5.21. The molecule has 1 aliphatic carbocycles. The van der Waals surface area contributed by atoms with Crippen molar-refractivity contribution in [3.8, 4) is 0 Å². The molecule has 138 valence electrons. The summed E-state index contributed by atoms with van der Waals surface area (Å²) < 4.78 is 4.40. The molecule has 1 unspecified atom stereocenters. The number of aryl methyl sites for hydroxylation is 2. The van der Waals surface area contributed by atoms with Crippen LogP contribution in [0.4, 0.5) is 0 Å². The highest BCUT2D eigenvalue weighted by Crippen LogP contribution is 2.36. The summed E-state index contributed by atoms with van der Waals surface area (Å²) in [6.45, 7) is 9.36. The SMILES string of the molecule is CC(C)Cc1nc2c(n1C)CC(CC(C)(C)Cc1ccnn1C)CC2. The molecular formula is C21H34N4. The maximum absolute atomic E-state index is 4.95. The summed E-state index contributed by atoms with van der Waals surface area (Å²) in [5.74, 6) is 2.70. The quantitative estimate of drug-likeness (QED) is 0.792. The Bertz CT molecular complexity index is 720. The van der Waals surface area contributed by atoms with Gasteiger partial charge in [0, 0.05) is 38.1 Å². The van der Waals surface area contributed by atoms with Crippen molar-refractivity contribution in [2.24, 2.45) is 31.3 Å². The lowest BCUT2D eigenvalue weighted by molar-refractivity contribution is 0.241. The number of hydrogen-bond donors (Lipinski definition) is 0. The molecule has 0 bridgehead atoms. The van der Waals surface area contributed by atoms with Crippen molar-refractivity contribution >= 4 is 0 Å². The summed E-state index contributed by atoms with van der Waals surface area (Å²) in [6.07, 6.45) is 8.96. The minimum atomic E-state index is 0.301. The zero-order valence-corrected chi connectivity index (χ0v) is 16.8. The Labute approximate surface area is 152 Å². The highest BCUT2D eigenvalue weighted by atomic mass is 15.3. The molecule has 4 nitrogen and oxygen atoms in total. The number of nitrogens with zero attached hydrogens (tertiary/aromatic N) is 4. The molecule has 4 heteroatoms. The average molecular weight is 343 g/mol. The zero-order chi connectivity index (χ0) is 18.2. The number of aromatic nitrogens is 4. The molecular weight excluding hydrogens is 308 g/mol. The molecule has 0 fully saturated rings. The Hall–Kier alpha value is -1.58. The van der Waals surface area contributed by atoms with E-state index in [0.717, 1.165) is 25.2 Å². The second-order valence-corrected chi connectivity index (χ2v) is 9.18. The van der Waals surface area contributed by atoms with Gasteiger partial charge in [-0.25, -0.2) is 4.98 Å². The van der Waals surface area contributed by atoms with E-state index < -0.39 is 0 Å². The monoisotopic (exact) mass is 342 g/mol. The van der Waals surface area contributed by atoms with E-state index >= 15 is 0 Å².